The van der Waals surface area contributed by atoms with Gasteiger partial charge in [0.2, 0.25) is 5.91 Å². The van der Waals surface area contributed by atoms with Crippen LogP contribution < -0.4 is 10.1 Å². The number of benzene rings is 3. The number of nitrogens with one attached hydrogen (secondary N) is 1. The van der Waals surface area contributed by atoms with Crippen LogP contribution in [0.15, 0.2) is 91.3 Å². The molecule has 0 spiro atoms. The van der Waals surface area contributed by atoms with Crippen molar-refractivity contribution in [2.75, 3.05) is 19.0 Å². The zero-order valence-corrected chi connectivity index (χ0v) is 27.1. The van der Waals surface area contributed by atoms with Crippen molar-refractivity contribution >= 4 is 23.1 Å². The minimum absolute atomic E-state index is 0.179. The zero-order chi connectivity index (χ0) is 33.3. The van der Waals surface area contributed by atoms with Crippen molar-refractivity contribution in [3.05, 3.63) is 114 Å². The molecule has 3 N–H and O–H groups in total. The van der Waals surface area contributed by atoms with Crippen LogP contribution in [0.25, 0.3) is 17.0 Å². The van der Waals surface area contributed by atoms with Gasteiger partial charge in [-0.15, -0.1) is 0 Å². The highest BCUT2D eigenvalue weighted by Gasteiger charge is 2.22. The van der Waals surface area contributed by atoms with Crippen molar-refractivity contribution in [2.45, 2.75) is 52.3 Å². The predicted molar refractivity (Wildman–Crippen MR) is 182 cm³/mol. The predicted octanol–water partition coefficient (Wildman–Crippen LogP) is 6.75. The number of methoxy groups -OCH3 is 1. The van der Waals surface area contributed by atoms with Gasteiger partial charge in [-0.1, -0.05) is 68.5 Å². The number of nitrogens with zero attached hydrogens (tertiary/aromatic N) is 3. The molecule has 2 atom stereocenters. The van der Waals surface area contributed by atoms with Crippen LogP contribution in [0, 0.1) is 11.8 Å². The molecule has 0 saturated carbocycles. The van der Waals surface area contributed by atoms with E-state index >= 15 is 0 Å². The van der Waals surface area contributed by atoms with Crippen LogP contribution in [0.4, 0.5) is 5.69 Å². The minimum atomic E-state index is -1.17. The van der Waals surface area contributed by atoms with Gasteiger partial charge in [-0.05, 0) is 77.6 Å². The van der Waals surface area contributed by atoms with Gasteiger partial charge < -0.3 is 20.3 Å². The van der Waals surface area contributed by atoms with Gasteiger partial charge in [-0.25, -0.2) is 9.97 Å². The van der Waals surface area contributed by atoms with Crippen molar-refractivity contribution in [1.82, 2.24) is 14.9 Å². The van der Waals surface area contributed by atoms with Gasteiger partial charge in [-0.3, -0.25) is 14.5 Å². The Morgan fingerprint density at radius 2 is 1.60 bits per heavy atom. The Morgan fingerprint density at radius 1 is 0.936 bits per heavy atom. The molecule has 0 fully saturated rings. The molecule has 1 heterocycles. The maximum atomic E-state index is 12.5. The second-order valence-corrected chi connectivity index (χ2v) is 12.4. The van der Waals surface area contributed by atoms with Gasteiger partial charge >= 0.3 is 5.97 Å². The molecular weight excluding hydrogens is 592 g/mol. The normalized spacial score (nSPS) is 15.3. The van der Waals surface area contributed by atoms with E-state index in [1.807, 2.05) is 48.8 Å². The number of aromatic nitrogens is 2. The first-order valence-electron chi connectivity index (χ1n) is 16.0. The topological polar surface area (TPSA) is 125 Å². The number of hydrogen-bond acceptors (Lipinski definition) is 7. The Morgan fingerprint density at radius 3 is 2.17 bits per heavy atom. The van der Waals surface area contributed by atoms with Crippen LogP contribution in [-0.4, -0.2) is 50.6 Å². The number of amides is 1. The van der Waals surface area contributed by atoms with E-state index in [9.17, 15) is 19.8 Å². The third-order valence-electron chi connectivity index (χ3n) is 8.72. The molecule has 0 radical (unpaired) electrons. The lowest BCUT2D eigenvalue weighted by atomic mass is 9.81. The fraction of sp³-hybridized carbons (Fsp3) is 0.316. The summed E-state index contributed by atoms with van der Waals surface area (Å²) >= 11 is 0. The minimum Gasteiger partial charge on any atom is -0.497 e. The molecule has 0 bridgehead atoms. The molecule has 1 aromatic heterocycles. The quantitative estimate of drug-likeness (QED) is 0.138. The number of anilines is 1. The molecule has 0 aliphatic heterocycles. The summed E-state index contributed by atoms with van der Waals surface area (Å²) in [6, 6.07) is 21.6. The monoisotopic (exact) mass is 634 g/mol. The van der Waals surface area contributed by atoms with Crippen molar-refractivity contribution in [3.8, 4) is 17.1 Å². The SMILES string of the molecule is COc1ccc(CC(=O)Nc2ccc(C(O)N(CC(=O)O)Cc3ccc(-c4ncc(C5=CCC(C(C)C)CC5)cn4)cc3)cc2)cc1. The molecular formula is C38H42N4O5. The van der Waals surface area contributed by atoms with Gasteiger partial charge in [0.25, 0.3) is 0 Å². The van der Waals surface area contributed by atoms with Gasteiger partial charge in [0.15, 0.2) is 5.82 Å². The molecule has 1 amide bonds. The number of carbonyl (C=O) groups excluding carboxylic acids is 1. The molecule has 9 nitrogen and oxygen atoms in total. The van der Waals surface area contributed by atoms with Gasteiger partial charge in [0, 0.05) is 35.8 Å². The summed E-state index contributed by atoms with van der Waals surface area (Å²) in [5.74, 6) is 1.54. The lowest BCUT2D eigenvalue weighted by Gasteiger charge is -2.27. The Bertz CT molecular complexity index is 1670. The first kappa shape index (κ1) is 33.5. The number of ether oxygens (including phenoxy) is 1. The van der Waals surface area contributed by atoms with Crippen LogP contribution in [-0.2, 0) is 22.6 Å². The Labute approximate surface area is 276 Å². The highest BCUT2D eigenvalue weighted by Crippen LogP contribution is 2.33. The smallest absolute Gasteiger partial charge is 0.317 e. The number of carbonyl (C=O) groups is 2. The third-order valence-corrected chi connectivity index (χ3v) is 8.72. The van der Waals surface area contributed by atoms with E-state index in [1.54, 1.807) is 43.5 Å². The second-order valence-electron chi connectivity index (χ2n) is 12.4. The van der Waals surface area contributed by atoms with E-state index in [0.717, 1.165) is 46.8 Å². The lowest BCUT2D eigenvalue weighted by Crippen LogP contribution is -2.33. The first-order valence-corrected chi connectivity index (χ1v) is 16.0. The van der Waals surface area contributed by atoms with E-state index in [4.69, 9.17) is 4.74 Å². The maximum Gasteiger partial charge on any atom is 0.317 e. The molecule has 47 heavy (non-hydrogen) atoms. The van der Waals surface area contributed by atoms with Crippen LogP contribution in [0.2, 0.25) is 0 Å². The summed E-state index contributed by atoms with van der Waals surface area (Å²) in [5.41, 5.74) is 6.00. The van der Waals surface area contributed by atoms with E-state index in [1.165, 1.54) is 16.9 Å². The van der Waals surface area contributed by atoms with Crippen molar-refractivity contribution in [2.24, 2.45) is 11.8 Å². The molecule has 0 saturated heterocycles. The number of hydrogen-bond donors (Lipinski definition) is 3. The van der Waals surface area contributed by atoms with Gasteiger partial charge in [0.05, 0.1) is 20.1 Å². The van der Waals surface area contributed by atoms with E-state index in [0.29, 0.717) is 23.0 Å². The number of carboxylic acids is 1. The van der Waals surface area contributed by atoms with Crippen molar-refractivity contribution in [1.29, 1.82) is 0 Å². The average molecular weight is 635 g/mol. The summed E-state index contributed by atoms with van der Waals surface area (Å²) in [4.78, 5) is 34.9. The third kappa shape index (κ3) is 9.12. The average Bonchev–Trinajstić information content (AvgIpc) is 3.08. The Hall–Kier alpha value is -4.86. The highest BCUT2D eigenvalue weighted by atomic mass is 16.5. The summed E-state index contributed by atoms with van der Waals surface area (Å²) in [5, 5.41) is 23.6. The van der Waals surface area contributed by atoms with E-state index in [2.05, 4.69) is 35.2 Å². The fourth-order valence-corrected chi connectivity index (χ4v) is 5.84. The molecule has 4 aromatic rings. The molecule has 5 rings (SSSR count). The molecule has 2 unspecified atom stereocenters. The molecule has 1 aliphatic carbocycles. The Balaban J connectivity index is 1.19. The number of rotatable bonds is 13. The highest BCUT2D eigenvalue weighted by molar-refractivity contribution is 5.92. The van der Waals surface area contributed by atoms with Gasteiger partial charge in [-0.2, -0.15) is 0 Å². The van der Waals surface area contributed by atoms with E-state index < -0.39 is 12.2 Å². The largest absolute Gasteiger partial charge is 0.497 e. The zero-order valence-electron chi connectivity index (χ0n) is 27.1. The van der Waals surface area contributed by atoms with Crippen molar-refractivity contribution < 1.29 is 24.5 Å². The maximum absolute atomic E-state index is 12.5. The summed E-state index contributed by atoms with van der Waals surface area (Å²) < 4.78 is 5.16. The summed E-state index contributed by atoms with van der Waals surface area (Å²) in [6.07, 6.45) is 8.47. The first-order chi connectivity index (χ1) is 22.7. The number of aliphatic hydroxyl groups excluding tert-OH is 1. The fourth-order valence-electron chi connectivity index (χ4n) is 5.84. The van der Waals surface area contributed by atoms with Crippen LogP contribution in [0.3, 0.4) is 0 Å². The molecule has 1 aliphatic rings. The van der Waals surface area contributed by atoms with Crippen LogP contribution in [0.1, 0.15) is 61.6 Å². The lowest BCUT2D eigenvalue weighted by molar-refractivity contribution is -0.142. The van der Waals surface area contributed by atoms with Crippen LogP contribution in [0.5, 0.6) is 5.75 Å². The number of aliphatic carboxylic acids is 1. The summed E-state index contributed by atoms with van der Waals surface area (Å²) in [7, 11) is 1.59. The summed E-state index contributed by atoms with van der Waals surface area (Å²) in [6.45, 7) is 4.42. The molecule has 244 valence electrons. The second kappa shape index (κ2) is 15.6. The Kier molecular flexibility index (Phi) is 11.1. The van der Waals surface area contributed by atoms with E-state index in [-0.39, 0.29) is 25.4 Å². The van der Waals surface area contributed by atoms with Crippen molar-refractivity contribution in [3.63, 3.8) is 0 Å². The number of allylic oxidation sites excluding steroid dienone is 2. The number of carboxylic acid groups (broad SMARTS) is 1. The molecule has 3 aromatic carbocycles. The molecule has 9 heteroatoms. The van der Waals surface area contributed by atoms with Gasteiger partial charge in [0.1, 0.15) is 12.0 Å². The van der Waals surface area contributed by atoms with Crippen LogP contribution >= 0.6 is 0 Å². The number of aliphatic hydroxyl groups is 1. The standard InChI is InChI=1S/C38H42N4O5/c1-25(2)28-10-12-29(13-11-28)32-21-39-37(40-22-32)30-8-4-27(5-9-30)23-42(24-36(44)45)38(46)31-14-16-33(17-15-31)41-35(43)20-26-6-18-34(47-3)19-7-26/h4-9,12,14-19,21-22,25,28,38,46H,10-11,13,20,23-24H2,1-3H3,(H,41,43)(H,44,45).